The van der Waals surface area contributed by atoms with E-state index in [1.54, 1.807) is 34.9 Å². The highest BCUT2D eigenvalue weighted by Gasteiger charge is 2.15. The first kappa shape index (κ1) is 23.7. The Labute approximate surface area is 200 Å². The van der Waals surface area contributed by atoms with Crippen LogP contribution in [0.3, 0.4) is 0 Å². The summed E-state index contributed by atoms with van der Waals surface area (Å²) in [6, 6.07) is 20.7. The Morgan fingerprint density at radius 3 is 2.53 bits per heavy atom. The number of fused-ring (bicyclic) bond motifs is 1. The first-order valence-electron chi connectivity index (χ1n) is 10.3. The Balaban J connectivity index is 1.59. The first-order valence-corrected chi connectivity index (χ1v) is 12.8. The van der Waals surface area contributed by atoms with Gasteiger partial charge in [-0.15, -0.1) is 0 Å². The SMILES string of the molecule is Cc1ccc(Cn2c(SCC(=O)Nc3cccc(S(N)(=O)=O)c3)nc3ccccc3c2=O)cc1. The number of primary sulfonamides is 1. The summed E-state index contributed by atoms with van der Waals surface area (Å²) >= 11 is 1.13. The van der Waals surface area contributed by atoms with Crippen LogP contribution in [0.25, 0.3) is 10.9 Å². The topological polar surface area (TPSA) is 124 Å². The van der Waals surface area contributed by atoms with E-state index in [9.17, 15) is 18.0 Å². The summed E-state index contributed by atoms with van der Waals surface area (Å²) < 4.78 is 24.7. The van der Waals surface area contributed by atoms with Crippen LogP contribution in [-0.2, 0) is 21.4 Å². The molecule has 1 aromatic heterocycles. The Morgan fingerprint density at radius 1 is 1.06 bits per heavy atom. The quantitative estimate of drug-likeness (QED) is 0.300. The summed E-state index contributed by atoms with van der Waals surface area (Å²) in [5.41, 5.74) is 2.73. The Bertz CT molecular complexity index is 1530. The van der Waals surface area contributed by atoms with Crippen molar-refractivity contribution in [2.45, 2.75) is 23.5 Å². The molecule has 0 aliphatic heterocycles. The molecular weight excluding hydrogens is 472 g/mol. The first-order chi connectivity index (χ1) is 16.2. The minimum Gasteiger partial charge on any atom is -0.325 e. The predicted molar refractivity (Wildman–Crippen MR) is 133 cm³/mol. The predicted octanol–water partition coefficient (Wildman–Crippen LogP) is 3.13. The molecule has 4 rings (SSSR count). The number of nitrogens with zero attached hydrogens (tertiary/aromatic N) is 2. The molecule has 3 aromatic carbocycles. The van der Waals surface area contributed by atoms with Gasteiger partial charge in [0.25, 0.3) is 5.56 Å². The summed E-state index contributed by atoms with van der Waals surface area (Å²) in [5, 5.41) is 8.73. The smallest absolute Gasteiger partial charge is 0.262 e. The molecule has 0 fully saturated rings. The molecule has 0 radical (unpaired) electrons. The van der Waals surface area contributed by atoms with Crippen molar-refractivity contribution < 1.29 is 13.2 Å². The summed E-state index contributed by atoms with van der Waals surface area (Å²) in [6.07, 6.45) is 0. The molecule has 3 N–H and O–H groups in total. The van der Waals surface area contributed by atoms with Gasteiger partial charge in [-0.3, -0.25) is 14.2 Å². The number of aromatic nitrogens is 2. The van der Waals surface area contributed by atoms with Crippen LogP contribution < -0.4 is 16.0 Å². The van der Waals surface area contributed by atoms with Gasteiger partial charge in [0.15, 0.2) is 5.16 Å². The third-order valence-electron chi connectivity index (χ3n) is 5.07. The van der Waals surface area contributed by atoms with E-state index >= 15 is 0 Å². The van der Waals surface area contributed by atoms with E-state index in [0.29, 0.717) is 28.3 Å². The van der Waals surface area contributed by atoms with E-state index in [1.165, 1.54) is 18.2 Å². The lowest BCUT2D eigenvalue weighted by Gasteiger charge is -2.13. The highest BCUT2D eigenvalue weighted by atomic mass is 32.2. The lowest BCUT2D eigenvalue weighted by molar-refractivity contribution is -0.113. The van der Waals surface area contributed by atoms with Gasteiger partial charge in [0, 0.05) is 5.69 Å². The van der Waals surface area contributed by atoms with Gasteiger partial charge in [0.05, 0.1) is 28.1 Å². The second kappa shape index (κ2) is 9.80. The molecule has 8 nitrogen and oxygen atoms in total. The van der Waals surface area contributed by atoms with Crippen LogP contribution in [-0.4, -0.2) is 29.6 Å². The summed E-state index contributed by atoms with van der Waals surface area (Å²) in [5.74, 6) is -0.404. The van der Waals surface area contributed by atoms with Crippen LogP contribution >= 0.6 is 11.8 Å². The Morgan fingerprint density at radius 2 is 1.79 bits per heavy atom. The number of hydrogen-bond donors (Lipinski definition) is 2. The maximum Gasteiger partial charge on any atom is 0.262 e. The molecule has 0 saturated carbocycles. The van der Waals surface area contributed by atoms with Crippen molar-refractivity contribution in [1.82, 2.24) is 9.55 Å². The maximum atomic E-state index is 13.2. The number of anilines is 1. The monoisotopic (exact) mass is 494 g/mol. The van der Waals surface area contributed by atoms with E-state index in [0.717, 1.165) is 22.9 Å². The molecule has 10 heteroatoms. The van der Waals surface area contributed by atoms with Crippen LogP contribution in [0.4, 0.5) is 5.69 Å². The van der Waals surface area contributed by atoms with Crippen molar-refractivity contribution in [2.24, 2.45) is 5.14 Å². The van der Waals surface area contributed by atoms with Gasteiger partial charge in [-0.25, -0.2) is 18.5 Å². The lowest BCUT2D eigenvalue weighted by Crippen LogP contribution is -2.25. The summed E-state index contributed by atoms with van der Waals surface area (Å²) in [7, 11) is -3.88. The largest absolute Gasteiger partial charge is 0.325 e. The molecule has 0 unspecified atom stereocenters. The number of nitrogens with two attached hydrogens (primary N) is 1. The molecule has 34 heavy (non-hydrogen) atoms. The number of nitrogens with one attached hydrogen (secondary N) is 1. The maximum absolute atomic E-state index is 13.2. The average Bonchev–Trinajstić information content (AvgIpc) is 2.81. The van der Waals surface area contributed by atoms with Crippen LogP contribution in [0.1, 0.15) is 11.1 Å². The fraction of sp³-hybridized carbons (Fsp3) is 0.125. The van der Waals surface area contributed by atoms with Crippen molar-refractivity contribution in [2.75, 3.05) is 11.1 Å². The number of sulfonamides is 1. The second-order valence-electron chi connectivity index (χ2n) is 7.70. The molecule has 4 aromatic rings. The van der Waals surface area contributed by atoms with E-state index in [1.807, 2.05) is 31.2 Å². The number of rotatable bonds is 7. The van der Waals surface area contributed by atoms with Crippen molar-refractivity contribution in [3.63, 3.8) is 0 Å². The van der Waals surface area contributed by atoms with Gasteiger partial charge in [-0.05, 0) is 42.8 Å². The number of benzene rings is 3. The number of hydrogen-bond acceptors (Lipinski definition) is 6. The molecule has 0 aliphatic carbocycles. The van der Waals surface area contributed by atoms with Gasteiger partial charge in [-0.2, -0.15) is 0 Å². The molecule has 0 atom stereocenters. The number of thioether (sulfide) groups is 1. The zero-order valence-electron chi connectivity index (χ0n) is 18.3. The highest BCUT2D eigenvalue weighted by Crippen LogP contribution is 2.20. The molecule has 1 amide bonds. The van der Waals surface area contributed by atoms with E-state index in [2.05, 4.69) is 10.3 Å². The third-order valence-corrected chi connectivity index (χ3v) is 6.95. The van der Waals surface area contributed by atoms with Crippen LogP contribution in [0.2, 0.25) is 0 Å². The summed E-state index contributed by atoms with van der Waals surface area (Å²) in [4.78, 5) is 30.3. The minimum atomic E-state index is -3.88. The fourth-order valence-corrected chi connectivity index (χ4v) is 4.71. The normalized spacial score (nSPS) is 11.5. The molecule has 0 saturated heterocycles. The van der Waals surface area contributed by atoms with Crippen molar-refractivity contribution >= 4 is 44.3 Å². The van der Waals surface area contributed by atoms with Crippen molar-refractivity contribution in [1.29, 1.82) is 0 Å². The van der Waals surface area contributed by atoms with Crippen LogP contribution in [0, 0.1) is 6.92 Å². The number of para-hydroxylation sites is 1. The molecule has 1 heterocycles. The van der Waals surface area contributed by atoms with E-state index in [-0.39, 0.29) is 22.1 Å². The van der Waals surface area contributed by atoms with Gasteiger partial charge < -0.3 is 5.32 Å². The lowest BCUT2D eigenvalue weighted by atomic mass is 10.1. The molecule has 0 bridgehead atoms. The third kappa shape index (κ3) is 5.53. The average molecular weight is 495 g/mol. The standard InChI is InChI=1S/C24H22N4O4S2/c1-16-9-11-17(12-10-16)14-28-23(30)20-7-2-3-8-21(20)27-24(28)33-15-22(29)26-18-5-4-6-19(13-18)34(25,31)32/h2-13H,14-15H2,1H3,(H,26,29)(H2,25,31,32). The van der Waals surface area contributed by atoms with E-state index < -0.39 is 10.0 Å². The Hall–Kier alpha value is -3.47. The number of aryl methyl sites for hydroxylation is 1. The molecule has 0 spiro atoms. The van der Waals surface area contributed by atoms with Gasteiger partial charge in [-0.1, -0.05) is 59.8 Å². The van der Waals surface area contributed by atoms with Crippen LogP contribution in [0.5, 0.6) is 0 Å². The van der Waals surface area contributed by atoms with Gasteiger partial charge in [0.1, 0.15) is 0 Å². The fourth-order valence-electron chi connectivity index (χ4n) is 3.35. The number of carbonyl (C=O) groups is 1. The molecule has 0 aliphatic rings. The molecule has 174 valence electrons. The summed E-state index contributed by atoms with van der Waals surface area (Å²) in [6.45, 7) is 2.31. The zero-order chi connectivity index (χ0) is 24.3. The number of carbonyl (C=O) groups excluding carboxylic acids is 1. The number of amides is 1. The molecular formula is C24H22N4O4S2. The van der Waals surface area contributed by atoms with Crippen molar-refractivity contribution in [3.8, 4) is 0 Å². The van der Waals surface area contributed by atoms with Crippen molar-refractivity contribution in [3.05, 3.63) is 94.3 Å². The van der Waals surface area contributed by atoms with Gasteiger partial charge in [0.2, 0.25) is 15.9 Å². The zero-order valence-corrected chi connectivity index (χ0v) is 19.9. The Kier molecular flexibility index (Phi) is 6.82. The second-order valence-corrected chi connectivity index (χ2v) is 10.2. The van der Waals surface area contributed by atoms with Crippen LogP contribution in [0.15, 0.2) is 87.6 Å². The van der Waals surface area contributed by atoms with E-state index in [4.69, 9.17) is 5.14 Å². The highest BCUT2D eigenvalue weighted by molar-refractivity contribution is 7.99. The van der Waals surface area contributed by atoms with Gasteiger partial charge >= 0.3 is 0 Å². The minimum absolute atomic E-state index is 0.0295.